The molecule has 0 saturated heterocycles. The Bertz CT molecular complexity index is 674. The summed E-state index contributed by atoms with van der Waals surface area (Å²) < 4.78 is 27.0. The molecule has 2 aromatic rings. The fourth-order valence-electron chi connectivity index (χ4n) is 1.20. The molecule has 78 valence electrons. The highest BCUT2D eigenvalue weighted by molar-refractivity contribution is 7.89. The van der Waals surface area contributed by atoms with Gasteiger partial charge in [-0.2, -0.15) is 4.98 Å². The Morgan fingerprint density at radius 1 is 1.33 bits per heavy atom. The molecular weight excluding hydrogens is 220 g/mol. The van der Waals surface area contributed by atoms with Crippen LogP contribution in [0.3, 0.4) is 0 Å². The maximum atomic E-state index is 11.2. The van der Waals surface area contributed by atoms with Crippen molar-refractivity contribution in [1.82, 2.24) is 4.98 Å². The number of hydrogen-bond acceptors (Lipinski definition) is 5. The van der Waals surface area contributed by atoms with E-state index in [1.165, 1.54) is 18.3 Å². The third-order valence-electron chi connectivity index (χ3n) is 1.81. The summed E-state index contributed by atoms with van der Waals surface area (Å²) in [5.74, 6) is -0.862. The summed E-state index contributed by atoms with van der Waals surface area (Å²) in [6.45, 7) is 0. The van der Waals surface area contributed by atoms with Crippen molar-refractivity contribution in [2.45, 2.75) is 4.90 Å². The first-order chi connectivity index (χ1) is 6.98. The Morgan fingerprint density at radius 3 is 2.73 bits per heavy atom. The van der Waals surface area contributed by atoms with Crippen LogP contribution in [0, 0.1) is 0 Å². The largest absolute Gasteiger partial charge is 0.439 e. The molecule has 0 unspecified atom stereocenters. The lowest BCUT2D eigenvalue weighted by atomic mass is 10.3. The highest BCUT2D eigenvalue weighted by Crippen LogP contribution is 2.19. The molecule has 1 heterocycles. The van der Waals surface area contributed by atoms with Gasteiger partial charge in [0.1, 0.15) is 4.90 Å². The quantitative estimate of drug-likeness (QED) is 0.727. The molecule has 2 N–H and O–H groups in total. The van der Waals surface area contributed by atoms with Gasteiger partial charge in [0.05, 0.1) is 0 Å². The van der Waals surface area contributed by atoms with Crippen molar-refractivity contribution in [2.75, 3.05) is 0 Å². The summed E-state index contributed by atoms with van der Waals surface area (Å²) >= 11 is 0. The number of nitrogens with zero attached hydrogens (tertiary/aromatic N) is 1. The van der Waals surface area contributed by atoms with E-state index in [-0.39, 0.29) is 10.5 Å². The molecule has 0 bridgehead atoms. The number of sulfonamides is 1. The standard InChI is InChI=1S/C8H6N2O4S/c9-15(12,13)6-3-1-2-5-4-10-8(11)14-7(5)6/h1-4H,(H2,9,12,13). The first-order valence-electron chi connectivity index (χ1n) is 3.90. The van der Waals surface area contributed by atoms with Crippen molar-refractivity contribution in [1.29, 1.82) is 0 Å². The summed E-state index contributed by atoms with van der Waals surface area (Å²) in [4.78, 5) is 14.0. The van der Waals surface area contributed by atoms with Crippen LogP contribution in [-0.4, -0.2) is 13.4 Å². The minimum atomic E-state index is -3.91. The third-order valence-corrected chi connectivity index (χ3v) is 2.75. The first kappa shape index (κ1) is 9.81. The average molecular weight is 226 g/mol. The summed E-state index contributed by atoms with van der Waals surface area (Å²) in [6, 6.07) is 4.32. The van der Waals surface area contributed by atoms with E-state index < -0.39 is 15.8 Å². The predicted octanol–water partition coefficient (Wildman–Crippen LogP) is -0.165. The molecule has 0 fully saturated rings. The van der Waals surface area contributed by atoms with Gasteiger partial charge >= 0.3 is 5.76 Å². The highest BCUT2D eigenvalue weighted by Gasteiger charge is 2.14. The second-order valence-electron chi connectivity index (χ2n) is 2.85. The van der Waals surface area contributed by atoms with E-state index in [1.807, 2.05) is 0 Å². The van der Waals surface area contributed by atoms with Gasteiger partial charge in [-0.3, -0.25) is 0 Å². The number of para-hydroxylation sites is 1. The topological polar surface area (TPSA) is 103 Å². The molecular formula is C8H6N2O4S. The normalized spacial score (nSPS) is 11.8. The second-order valence-corrected chi connectivity index (χ2v) is 4.38. The van der Waals surface area contributed by atoms with Crippen molar-refractivity contribution in [3.8, 4) is 0 Å². The fraction of sp³-hybridized carbons (Fsp3) is 0. The summed E-state index contributed by atoms with van der Waals surface area (Å²) in [6.07, 6.45) is 1.23. The van der Waals surface area contributed by atoms with Crippen molar-refractivity contribution < 1.29 is 12.8 Å². The first-order valence-corrected chi connectivity index (χ1v) is 5.45. The van der Waals surface area contributed by atoms with Crippen molar-refractivity contribution in [2.24, 2.45) is 5.14 Å². The molecule has 6 nitrogen and oxygen atoms in total. The van der Waals surface area contributed by atoms with Gasteiger partial charge in [-0.25, -0.2) is 18.4 Å². The van der Waals surface area contributed by atoms with Crippen LogP contribution in [0.15, 0.2) is 38.5 Å². The molecule has 0 aliphatic heterocycles. The van der Waals surface area contributed by atoms with Crippen molar-refractivity contribution in [3.63, 3.8) is 0 Å². The van der Waals surface area contributed by atoms with Gasteiger partial charge in [0.25, 0.3) is 0 Å². The van der Waals surface area contributed by atoms with Crippen LogP contribution >= 0.6 is 0 Å². The molecule has 2 rings (SSSR count). The predicted molar refractivity (Wildman–Crippen MR) is 51.7 cm³/mol. The van der Waals surface area contributed by atoms with Gasteiger partial charge in [0.2, 0.25) is 10.0 Å². The highest BCUT2D eigenvalue weighted by atomic mass is 32.2. The molecule has 1 aromatic carbocycles. The zero-order chi connectivity index (χ0) is 11.1. The van der Waals surface area contributed by atoms with Crippen LogP contribution in [0.2, 0.25) is 0 Å². The molecule has 0 amide bonds. The lowest BCUT2D eigenvalue weighted by Crippen LogP contribution is -2.13. The van der Waals surface area contributed by atoms with Crippen LogP contribution < -0.4 is 10.9 Å². The zero-order valence-electron chi connectivity index (χ0n) is 7.38. The fourth-order valence-corrected chi connectivity index (χ4v) is 1.89. The van der Waals surface area contributed by atoms with Crippen LogP contribution in [0.1, 0.15) is 0 Å². The molecule has 0 atom stereocenters. The number of rotatable bonds is 1. The summed E-state index contributed by atoms with van der Waals surface area (Å²) in [5.41, 5.74) is -0.0694. The van der Waals surface area contributed by atoms with Gasteiger partial charge in [0.15, 0.2) is 5.58 Å². The van der Waals surface area contributed by atoms with E-state index in [4.69, 9.17) is 9.56 Å². The smallest absolute Gasteiger partial charge is 0.407 e. The van der Waals surface area contributed by atoms with Gasteiger partial charge in [-0.15, -0.1) is 0 Å². The molecule has 0 aliphatic rings. The van der Waals surface area contributed by atoms with E-state index in [2.05, 4.69) is 4.98 Å². The van der Waals surface area contributed by atoms with Crippen LogP contribution in [0.5, 0.6) is 0 Å². The minimum Gasteiger partial charge on any atom is -0.407 e. The van der Waals surface area contributed by atoms with E-state index in [9.17, 15) is 13.2 Å². The van der Waals surface area contributed by atoms with E-state index in [0.29, 0.717) is 5.39 Å². The number of primary sulfonamides is 1. The Balaban J connectivity index is 2.99. The molecule has 0 spiro atoms. The molecule has 1 aromatic heterocycles. The van der Waals surface area contributed by atoms with Crippen LogP contribution in [-0.2, 0) is 10.0 Å². The lowest BCUT2D eigenvalue weighted by Gasteiger charge is -2.00. The number of benzene rings is 1. The Hall–Kier alpha value is -1.73. The Morgan fingerprint density at radius 2 is 2.07 bits per heavy atom. The Labute approximate surface area is 84.4 Å². The number of fused-ring (bicyclic) bond motifs is 1. The Kier molecular flexibility index (Phi) is 2.06. The zero-order valence-corrected chi connectivity index (χ0v) is 8.19. The lowest BCUT2D eigenvalue weighted by molar-refractivity contribution is 0.522. The summed E-state index contributed by atoms with van der Waals surface area (Å²) in [7, 11) is -3.91. The maximum absolute atomic E-state index is 11.2. The van der Waals surface area contributed by atoms with E-state index >= 15 is 0 Å². The van der Waals surface area contributed by atoms with Crippen molar-refractivity contribution >= 4 is 21.0 Å². The van der Waals surface area contributed by atoms with Crippen LogP contribution in [0.4, 0.5) is 0 Å². The van der Waals surface area contributed by atoms with Crippen LogP contribution in [0.25, 0.3) is 11.0 Å². The third kappa shape index (κ3) is 1.74. The van der Waals surface area contributed by atoms with E-state index in [0.717, 1.165) is 0 Å². The summed E-state index contributed by atoms with van der Waals surface area (Å²) in [5, 5.41) is 5.37. The number of aromatic nitrogens is 1. The molecule has 0 saturated carbocycles. The van der Waals surface area contributed by atoms with Gasteiger partial charge in [-0.05, 0) is 12.1 Å². The molecule has 15 heavy (non-hydrogen) atoms. The number of nitrogens with two attached hydrogens (primary N) is 1. The molecule has 0 aliphatic carbocycles. The van der Waals surface area contributed by atoms with Gasteiger partial charge < -0.3 is 4.42 Å². The van der Waals surface area contributed by atoms with Crippen molar-refractivity contribution in [3.05, 3.63) is 34.9 Å². The monoisotopic (exact) mass is 226 g/mol. The maximum Gasteiger partial charge on any atom is 0.439 e. The molecule has 7 heteroatoms. The second kappa shape index (κ2) is 3.14. The van der Waals surface area contributed by atoms with Gasteiger partial charge in [0, 0.05) is 11.6 Å². The average Bonchev–Trinajstić information content (AvgIpc) is 2.15. The van der Waals surface area contributed by atoms with E-state index in [1.54, 1.807) is 6.07 Å². The van der Waals surface area contributed by atoms with Gasteiger partial charge in [-0.1, -0.05) is 6.07 Å². The SMILES string of the molecule is NS(=O)(=O)c1cccc2cnc(=O)oc12. The minimum absolute atomic E-state index is 0.0694. The number of hydrogen-bond donors (Lipinski definition) is 1. The molecule has 0 radical (unpaired) electrons.